The highest BCUT2D eigenvalue weighted by molar-refractivity contribution is 6.03. The SMILES string of the molecule is O=C(C=CC=C(c1ccc(OCC2CC2)cc1)c1ccc(C(F)(F)F)cc1)Nc1cccc2c1CC(O)C(=O)N2. The third-order valence-corrected chi connectivity index (χ3v) is 6.77. The molecule has 2 aliphatic rings. The molecule has 3 aromatic carbocycles. The van der Waals surface area contributed by atoms with Gasteiger partial charge in [0, 0.05) is 29.4 Å². The second-order valence-corrected chi connectivity index (χ2v) is 9.82. The maximum Gasteiger partial charge on any atom is 0.416 e. The minimum atomic E-state index is -4.45. The van der Waals surface area contributed by atoms with Crippen LogP contribution in [0, 0.1) is 5.92 Å². The number of aliphatic hydroxyl groups excluding tert-OH is 1. The molecule has 0 spiro atoms. The average Bonchev–Trinajstić information content (AvgIpc) is 3.76. The second-order valence-electron chi connectivity index (χ2n) is 9.82. The Kier molecular flexibility index (Phi) is 7.75. The van der Waals surface area contributed by atoms with E-state index in [1.807, 2.05) is 24.3 Å². The lowest BCUT2D eigenvalue weighted by Gasteiger charge is -2.23. The summed E-state index contributed by atoms with van der Waals surface area (Å²) in [6, 6.07) is 17.2. The van der Waals surface area contributed by atoms with Gasteiger partial charge in [0.25, 0.3) is 5.91 Å². The Hall–Kier alpha value is -4.37. The number of allylic oxidation sites excluding steroid dienone is 2. The van der Waals surface area contributed by atoms with Gasteiger partial charge in [-0.15, -0.1) is 0 Å². The van der Waals surface area contributed by atoms with E-state index in [4.69, 9.17) is 4.74 Å². The molecule has 40 heavy (non-hydrogen) atoms. The lowest BCUT2D eigenvalue weighted by molar-refractivity contribution is -0.137. The number of ether oxygens (including phenoxy) is 1. The van der Waals surface area contributed by atoms with Crippen molar-refractivity contribution < 1.29 is 32.6 Å². The molecule has 9 heteroatoms. The van der Waals surface area contributed by atoms with Gasteiger partial charge in [0.2, 0.25) is 5.91 Å². The molecular weight excluding hydrogens is 521 g/mol. The zero-order valence-corrected chi connectivity index (χ0v) is 21.4. The van der Waals surface area contributed by atoms with Gasteiger partial charge in [-0.25, -0.2) is 0 Å². The van der Waals surface area contributed by atoms with Gasteiger partial charge >= 0.3 is 6.18 Å². The van der Waals surface area contributed by atoms with Gasteiger partial charge in [0.1, 0.15) is 11.9 Å². The van der Waals surface area contributed by atoms with Crippen LogP contribution < -0.4 is 15.4 Å². The Balaban J connectivity index is 1.36. The molecule has 1 aliphatic heterocycles. The molecule has 1 unspecified atom stereocenters. The monoisotopic (exact) mass is 548 g/mol. The molecule has 1 aliphatic carbocycles. The van der Waals surface area contributed by atoms with Crippen LogP contribution in [-0.4, -0.2) is 29.6 Å². The van der Waals surface area contributed by atoms with Crippen molar-refractivity contribution in [1.29, 1.82) is 0 Å². The number of hydrogen-bond acceptors (Lipinski definition) is 4. The van der Waals surface area contributed by atoms with Crippen LogP contribution in [0.5, 0.6) is 5.75 Å². The lowest BCUT2D eigenvalue weighted by atomic mass is 9.96. The number of carbonyl (C=O) groups is 2. The number of carbonyl (C=O) groups excluding carboxylic acids is 2. The molecule has 1 fully saturated rings. The van der Waals surface area contributed by atoms with E-state index in [1.54, 1.807) is 24.3 Å². The maximum atomic E-state index is 13.1. The number of benzene rings is 3. The summed E-state index contributed by atoms with van der Waals surface area (Å²) < 4.78 is 45.2. The van der Waals surface area contributed by atoms with E-state index in [9.17, 15) is 27.9 Å². The van der Waals surface area contributed by atoms with Gasteiger partial charge in [-0.1, -0.05) is 42.5 Å². The second kappa shape index (κ2) is 11.4. The van der Waals surface area contributed by atoms with Crippen molar-refractivity contribution in [1.82, 2.24) is 0 Å². The number of halogens is 3. The zero-order chi connectivity index (χ0) is 28.3. The van der Waals surface area contributed by atoms with E-state index in [0.717, 1.165) is 17.7 Å². The largest absolute Gasteiger partial charge is 0.493 e. The minimum absolute atomic E-state index is 0.0691. The van der Waals surface area contributed by atoms with Gasteiger partial charge in [0.15, 0.2) is 0 Å². The number of hydrogen-bond donors (Lipinski definition) is 3. The predicted octanol–water partition coefficient (Wildman–Crippen LogP) is 5.98. The fourth-order valence-corrected chi connectivity index (χ4v) is 4.38. The molecule has 1 heterocycles. The van der Waals surface area contributed by atoms with Crippen molar-refractivity contribution in [3.8, 4) is 5.75 Å². The average molecular weight is 549 g/mol. The Morgan fingerprint density at radius 3 is 2.35 bits per heavy atom. The molecule has 0 saturated heterocycles. The van der Waals surface area contributed by atoms with Crippen molar-refractivity contribution in [2.45, 2.75) is 31.5 Å². The van der Waals surface area contributed by atoms with Crippen LogP contribution in [0.3, 0.4) is 0 Å². The molecule has 0 bridgehead atoms. The summed E-state index contributed by atoms with van der Waals surface area (Å²) in [5.41, 5.74) is 2.75. The first-order valence-electron chi connectivity index (χ1n) is 12.9. The number of alkyl halides is 3. The first-order valence-corrected chi connectivity index (χ1v) is 12.9. The summed E-state index contributed by atoms with van der Waals surface area (Å²) in [6.07, 6.45) is 1.23. The quantitative estimate of drug-likeness (QED) is 0.239. The Morgan fingerprint density at radius 1 is 1.02 bits per heavy atom. The number of fused-ring (bicyclic) bond motifs is 1. The highest BCUT2D eigenvalue weighted by Crippen LogP contribution is 2.33. The van der Waals surface area contributed by atoms with Crippen molar-refractivity contribution in [3.63, 3.8) is 0 Å². The highest BCUT2D eigenvalue weighted by atomic mass is 19.4. The minimum Gasteiger partial charge on any atom is -0.493 e. The van der Waals surface area contributed by atoms with Crippen LogP contribution >= 0.6 is 0 Å². The lowest BCUT2D eigenvalue weighted by Crippen LogP contribution is -2.34. The van der Waals surface area contributed by atoms with E-state index in [2.05, 4.69) is 10.6 Å². The fraction of sp³-hybridized carbons (Fsp3) is 0.226. The number of nitrogens with one attached hydrogen (secondary N) is 2. The standard InChI is InChI=1S/C31H27F3N2O4/c32-31(33,34)22-13-9-20(10-14-22)24(21-11-15-23(16-12-21)40-18-19-7-8-19)3-1-6-29(38)35-26-4-2-5-27-25(26)17-28(37)30(39)36-27/h1-6,9-16,19,28,37H,7-8,17-18H2,(H,35,38)(H,36,39). The number of amides is 2. The van der Waals surface area contributed by atoms with Gasteiger partial charge < -0.3 is 20.5 Å². The van der Waals surface area contributed by atoms with Gasteiger partial charge in [0.05, 0.1) is 12.2 Å². The van der Waals surface area contributed by atoms with Crippen LogP contribution in [0.25, 0.3) is 5.57 Å². The molecule has 206 valence electrons. The Morgan fingerprint density at radius 2 is 1.70 bits per heavy atom. The summed E-state index contributed by atoms with van der Waals surface area (Å²) in [5.74, 6) is 0.361. The van der Waals surface area contributed by atoms with E-state index >= 15 is 0 Å². The molecule has 2 amide bonds. The van der Waals surface area contributed by atoms with Crippen LogP contribution in [0.4, 0.5) is 24.5 Å². The molecule has 0 aromatic heterocycles. The van der Waals surface area contributed by atoms with E-state index < -0.39 is 29.7 Å². The maximum absolute atomic E-state index is 13.1. The third-order valence-electron chi connectivity index (χ3n) is 6.77. The van der Waals surface area contributed by atoms with Crippen molar-refractivity contribution in [2.75, 3.05) is 17.2 Å². The molecular formula is C31H27F3N2O4. The molecule has 6 nitrogen and oxygen atoms in total. The van der Waals surface area contributed by atoms with Crippen molar-refractivity contribution in [3.05, 3.63) is 107 Å². The van der Waals surface area contributed by atoms with E-state index in [0.29, 0.717) is 46.3 Å². The number of rotatable bonds is 8. The van der Waals surface area contributed by atoms with Gasteiger partial charge in [-0.3, -0.25) is 9.59 Å². The van der Waals surface area contributed by atoms with Crippen LogP contribution in [0.1, 0.15) is 35.1 Å². The summed E-state index contributed by atoms with van der Waals surface area (Å²) >= 11 is 0. The third kappa shape index (κ3) is 6.60. The first kappa shape index (κ1) is 27.2. The van der Waals surface area contributed by atoms with E-state index in [-0.39, 0.29) is 6.42 Å². The fourth-order valence-electron chi connectivity index (χ4n) is 4.38. The molecule has 1 atom stereocenters. The smallest absolute Gasteiger partial charge is 0.416 e. The van der Waals surface area contributed by atoms with Gasteiger partial charge in [-0.2, -0.15) is 13.2 Å². The summed E-state index contributed by atoms with van der Waals surface area (Å²) in [5, 5.41) is 15.3. The zero-order valence-electron chi connectivity index (χ0n) is 21.4. The normalized spacial score (nSPS) is 17.4. The number of anilines is 2. The van der Waals surface area contributed by atoms with Crippen LogP contribution in [0.2, 0.25) is 0 Å². The molecule has 5 rings (SSSR count). The molecule has 3 aromatic rings. The topological polar surface area (TPSA) is 87.7 Å². The Labute approximate surface area is 229 Å². The first-order chi connectivity index (χ1) is 19.2. The Bertz CT molecular complexity index is 1460. The molecule has 3 N–H and O–H groups in total. The molecule has 1 saturated carbocycles. The van der Waals surface area contributed by atoms with Gasteiger partial charge in [-0.05, 0) is 71.9 Å². The van der Waals surface area contributed by atoms with Crippen molar-refractivity contribution >= 4 is 28.8 Å². The summed E-state index contributed by atoms with van der Waals surface area (Å²) in [6.45, 7) is 0.661. The molecule has 0 radical (unpaired) electrons. The van der Waals surface area contributed by atoms with Crippen molar-refractivity contribution in [2.24, 2.45) is 5.92 Å². The predicted molar refractivity (Wildman–Crippen MR) is 146 cm³/mol. The summed E-state index contributed by atoms with van der Waals surface area (Å²) in [7, 11) is 0. The summed E-state index contributed by atoms with van der Waals surface area (Å²) in [4.78, 5) is 24.5. The highest BCUT2D eigenvalue weighted by Gasteiger charge is 2.30. The number of aliphatic hydroxyl groups is 1. The van der Waals surface area contributed by atoms with Crippen LogP contribution in [0.15, 0.2) is 85.0 Å². The van der Waals surface area contributed by atoms with Crippen LogP contribution in [-0.2, 0) is 22.2 Å². The van der Waals surface area contributed by atoms with E-state index in [1.165, 1.54) is 37.1 Å².